The molecule has 0 saturated carbocycles. The van der Waals surface area contributed by atoms with Crippen LogP contribution in [0.3, 0.4) is 0 Å². The Bertz CT molecular complexity index is 1790. The molecule has 0 saturated heterocycles. The van der Waals surface area contributed by atoms with E-state index in [0.29, 0.717) is 29.5 Å². The van der Waals surface area contributed by atoms with Crippen molar-refractivity contribution >= 4 is 23.1 Å². The molecule has 3 aromatic carbocycles. The second kappa shape index (κ2) is 10.9. The molecule has 3 heterocycles. The van der Waals surface area contributed by atoms with Gasteiger partial charge in [-0.1, -0.05) is 12.1 Å². The number of carbonyl (C=O) groups excluding carboxylic acids is 1. The summed E-state index contributed by atoms with van der Waals surface area (Å²) in [7, 11) is 1.88. The molecule has 1 aliphatic rings. The molecule has 5 aromatic rings. The van der Waals surface area contributed by atoms with Crippen molar-refractivity contribution in [1.82, 2.24) is 14.5 Å². The van der Waals surface area contributed by atoms with Gasteiger partial charge in [-0.05, 0) is 78.4 Å². The number of rotatable bonds is 7. The average Bonchev–Trinajstić information content (AvgIpc) is 3.44. The SMILES string of the molecule is CNc1cccc(C2CNc3ncnc(Oc4ccc(NC(=O)c5cccn(-c6ccc(F)cc6)c5=O)cc4)c32)c1. The molecule has 9 nitrogen and oxygen atoms in total. The smallest absolute Gasteiger partial charge is 0.267 e. The van der Waals surface area contributed by atoms with Crippen molar-refractivity contribution in [2.75, 3.05) is 29.5 Å². The van der Waals surface area contributed by atoms with E-state index >= 15 is 0 Å². The molecule has 0 fully saturated rings. The van der Waals surface area contributed by atoms with Gasteiger partial charge in [-0.3, -0.25) is 14.2 Å². The molecule has 1 unspecified atom stereocenters. The van der Waals surface area contributed by atoms with Crippen molar-refractivity contribution in [3.05, 3.63) is 130 Å². The van der Waals surface area contributed by atoms with Crippen LogP contribution >= 0.6 is 0 Å². The van der Waals surface area contributed by atoms with E-state index in [4.69, 9.17) is 4.74 Å². The van der Waals surface area contributed by atoms with Gasteiger partial charge < -0.3 is 20.7 Å². The molecule has 3 N–H and O–H groups in total. The Morgan fingerprint density at radius 1 is 1.00 bits per heavy atom. The van der Waals surface area contributed by atoms with E-state index in [-0.39, 0.29) is 11.5 Å². The summed E-state index contributed by atoms with van der Waals surface area (Å²) in [4.78, 5) is 34.7. The molecular weight excluding hydrogens is 523 g/mol. The maximum Gasteiger partial charge on any atom is 0.267 e. The van der Waals surface area contributed by atoms with Crippen molar-refractivity contribution in [3.63, 3.8) is 0 Å². The number of aromatic nitrogens is 3. The average molecular weight is 549 g/mol. The topological polar surface area (TPSA) is 110 Å². The highest BCUT2D eigenvalue weighted by molar-refractivity contribution is 6.04. The molecule has 41 heavy (non-hydrogen) atoms. The number of amides is 1. The van der Waals surface area contributed by atoms with Crippen LogP contribution in [0.4, 0.5) is 21.6 Å². The number of pyridine rings is 1. The number of anilines is 3. The zero-order valence-electron chi connectivity index (χ0n) is 22.0. The molecule has 204 valence electrons. The third-order valence-corrected chi connectivity index (χ3v) is 6.87. The van der Waals surface area contributed by atoms with Crippen molar-refractivity contribution in [2.24, 2.45) is 0 Å². The first-order valence-corrected chi connectivity index (χ1v) is 12.9. The Kier molecular flexibility index (Phi) is 6.87. The summed E-state index contributed by atoms with van der Waals surface area (Å²) in [5.74, 6) is 0.736. The minimum absolute atomic E-state index is 0.0119. The first-order chi connectivity index (χ1) is 20.0. The second-order valence-electron chi connectivity index (χ2n) is 9.40. The molecule has 0 aliphatic carbocycles. The van der Waals surface area contributed by atoms with Crippen LogP contribution in [0.15, 0.2) is 102 Å². The fourth-order valence-electron chi connectivity index (χ4n) is 4.80. The standard InChI is InChI=1S/C31H25FN6O3/c1-33-22-5-2-4-19(16-22)26-17-34-28-27(26)30(36-18-35-28)41-24-13-9-21(10-14-24)37-29(39)25-6-3-15-38(31(25)40)23-11-7-20(32)8-12-23/h2-16,18,26,33H,17H2,1H3,(H,37,39)(H,34,35,36). The van der Waals surface area contributed by atoms with Gasteiger partial charge in [0.1, 0.15) is 29.3 Å². The lowest BCUT2D eigenvalue weighted by Gasteiger charge is -2.15. The van der Waals surface area contributed by atoms with E-state index in [1.54, 1.807) is 30.3 Å². The van der Waals surface area contributed by atoms with Crippen molar-refractivity contribution in [1.29, 1.82) is 0 Å². The quantitative estimate of drug-likeness (QED) is 0.249. The summed E-state index contributed by atoms with van der Waals surface area (Å²) < 4.78 is 20.8. The van der Waals surface area contributed by atoms with Crippen LogP contribution < -0.4 is 26.2 Å². The molecular formula is C31H25FN6O3. The van der Waals surface area contributed by atoms with Crippen LogP contribution in [0, 0.1) is 5.82 Å². The highest BCUT2D eigenvalue weighted by Crippen LogP contribution is 2.41. The van der Waals surface area contributed by atoms with Gasteiger partial charge in [-0.15, -0.1) is 0 Å². The predicted molar refractivity (Wildman–Crippen MR) is 155 cm³/mol. The minimum atomic E-state index is -0.563. The van der Waals surface area contributed by atoms with E-state index < -0.39 is 17.3 Å². The number of benzene rings is 3. The summed E-state index contributed by atoms with van der Waals surface area (Å²) in [5.41, 5.74) is 3.37. The maximum atomic E-state index is 13.3. The lowest BCUT2D eigenvalue weighted by Crippen LogP contribution is -2.27. The van der Waals surface area contributed by atoms with E-state index in [2.05, 4.69) is 38.1 Å². The van der Waals surface area contributed by atoms with Crippen LogP contribution in [0.2, 0.25) is 0 Å². The maximum absolute atomic E-state index is 13.3. The molecule has 1 amide bonds. The summed E-state index contributed by atoms with van der Waals surface area (Å²) in [5, 5.41) is 9.26. The molecule has 0 radical (unpaired) electrons. The van der Waals surface area contributed by atoms with Gasteiger partial charge in [0, 0.05) is 42.8 Å². The Balaban J connectivity index is 1.19. The Morgan fingerprint density at radius 2 is 1.80 bits per heavy atom. The number of nitrogens with one attached hydrogen (secondary N) is 3. The molecule has 1 atom stereocenters. The lowest BCUT2D eigenvalue weighted by atomic mass is 9.94. The fourth-order valence-corrected chi connectivity index (χ4v) is 4.80. The Labute approximate surface area is 234 Å². The number of fused-ring (bicyclic) bond motifs is 1. The zero-order valence-corrected chi connectivity index (χ0v) is 22.0. The summed E-state index contributed by atoms with van der Waals surface area (Å²) in [6, 6.07) is 23.5. The number of hydrogen-bond acceptors (Lipinski definition) is 7. The highest BCUT2D eigenvalue weighted by atomic mass is 19.1. The molecule has 0 spiro atoms. The first-order valence-electron chi connectivity index (χ1n) is 12.9. The van der Waals surface area contributed by atoms with Crippen molar-refractivity contribution < 1.29 is 13.9 Å². The zero-order chi connectivity index (χ0) is 28.3. The van der Waals surface area contributed by atoms with Gasteiger partial charge in [0.25, 0.3) is 11.5 Å². The molecule has 10 heteroatoms. The van der Waals surface area contributed by atoms with E-state index in [1.165, 1.54) is 47.4 Å². The molecule has 0 bridgehead atoms. The third-order valence-electron chi connectivity index (χ3n) is 6.87. The summed E-state index contributed by atoms with van der Waals surface area (Å²) in [6.45, 7) is 0.671. The third kappa shape index (κ3) is 5.22. The molecule has 2 aromatic heterocycles. The van der Waals surface area contributed by atoms with Gasteiger partial charge in [0.2, 0.25) is 5.88 Å². The highest BCUT2D eigenvalue weighted by Gasteiger charge is 2.30. The van der Waals surface area contributed by atoms with Crippen LogP contribution in [0.1, 0.15) is 27.4 Å². The monoisotopic (exact) mass is 548 g/mol. The van der Waals surface area contributed by atoms with Gasteiger partial charge in [0.15, 0.2) is 0 Å². The Hall–Kier alpha value is -5.51. The second-order valence-corrected chi connectivity index (χ2v) is 9.40. The van der Waals surface area contributed by atoms with Crippen LogP contribution in [-0.2, 0) is 0 Å². The normalized spacial score (nSPS) is 13.7. The number of carbonyl (C=O) groups is 1. The van der Waals surface area contributed by atoms with Gasteiger partial charge >= 0.3 is 0 Å². The van der Waals surface area contributed by atoms with Gasteiger partial charge in [0.05, 0.1) is 5.56 Å². The molecule has 6 rings (SSSR count). The minimum Gasteiger partial charge on any atom is -0.439 e. The van der Waals surface area contributed by atoms with Crippen LogP contribution in [-0.4, -0.2) is 34.0 Å². The number of hydrogen-bond donors (Lipinski definition) is 3. The van der Waals surface area contributed by atoms with Crippen molar-refractivity contribution in [2.45, 2.75) is 5.92 Å². The fraction of sp³-hybridized carbons (Fsp3) is 0.0968. The molecule has 1 aliphatic heterocycles. The summed E-state index contributed by atoms with van der Waals surface area (Å²) in [6.07, 6.45) is 2.99. The number of ether oxygens (including phenoxy) is 1. The van der Waals surface area contributed by atoms with E-state index in [0.717, 1.165) is 22.6 Å². The van der Waals surface area contributed by atoms with Crippen LogP contribution in [0.25, 0.3) is 5.69 Å². The largest absolute Gasteiger partial charge is 0.439 e. The first kappa shape index (κ1) is 25.8. The van der Waals surface area contributed by atoms with Crippen LogP contribution in [0.5, 0.6) is 11.6 Å². The Morgan fingerprint density at radius 3 is 2.59 bits per heavy atom. The number of nitrogens with zero attached hydrogens (tertiary/aromatic N) is 3. The lowest BCUT2D eigenvalue weighted by molar-refractivity contribution is 0.102. The summed E-state index contributed by atoms with van der Waals surface area (Å²) >= 11 is 0. The van der Waals surface area contributed by atoms with E-state index in [9.17, 15) is 14.0 Å². The number of halogens is 1. The van der Waals surface area contributed by atoms with Gasteiger partial charge in [-0.25, -0.2) is 14.4 Å². The van der Waals surface area contributed by atoms with Gasteiger partial charge in [-0.2, -0.15) is 0 Å². The van der Waals surface area contributed by atoms with Crippen molar-refractivity contribution in [3.8, 4) is 17.3 Å². The predicted octanol–water partition coefficient (Wildman–Crippen LogP) is 5.41. The van der Waals surface area contributed by atoms with E-state index in [1.807, 2.05) is 19.2 Å².